The zero-order valence-electron chi connectivity index (χ0n) is 13.5. The van der Waals surface area contributed by atoms with Crippen molar-refractivity contribution in [2.24, 2.45) is 0 Å². The number of benzene rings is 1. The van der Waals surface area contributed by atoms with Gasteiger partial charge in [0.25, 0.3) is 0 Å². The second kappa shape index (κ2) is 7.20. The van der Waals surface area contributed by atoms with E-state index < -0.39 is 45.3 Å². The summed E-state index contributed by atoms with van der Waals surface area (Å²) in [6.07, 6.45) is -3.84. The van der Waals surface area contributed by atoms with Crippen molar-refractivity contribution < 1.29 is 38.7 Å². The predicted octanol–water partition coefficient (Wildman–Crippen LogP) is -0.429. The number of ether oxygens (including phenoxy) is 1. The van der Waals surface area contributed by atoms with Crippen LogP contribution in [0.25, 0.3) is 0 Å². The summed E-state index contributed by atoms with van der Waals surface area (Å²) in [6, 6.07) is 5.24. The molecule has 0 aromatic heterocycles. The van der Waals surface area contributed by atoms with E-state index in [1.54, 1.807) is 31.8 Å². The molecular formula is C14H20B2O8. The van der Waals surface area contributed by atoms with Crippen LogP contribution >= 0.6 is 0 Å². The zero-order chi connectivity index (χ0) is 17.3. The number of rotatable bonds is 6. The Kier molecular flexibility index (Phi) is 5.21. The smallest absolute Gasteiger partial charge is 0.523 e. The number of aliphatic hydroxyl groups excluding tert-OH is 3. The van der Waals surface area contributed by atoms with Gasteiger partial charge in [-0.15, -0.1) is 0 Å². The highest BCUT2D eigenvalue weighted by Crippen LogP contribution is 2.41. The second-order valence-corrected chi connectivity index (χ2v) is 5.78. The maximum atomic E-state index is 10.3. The minimum Gasteiger partial charge on any atom is -0.523 e. The van der Waals surface area contributed by atoms with Crippen molar-refractivity contribution in [2.45, 2.75) is 38.1 Å². The number of hydrogen-bond donors (Lipinski definition) is 3. The maximum Gasteiger partial charge on any atom is 0.591 e. The molecule has 0 amide bonds. The van der Waals surface area contributed by atoms with Gasteiger partial charge in [0.05, 0.1) is 18.8 Å². The molecule has 3 rings (SSSR count). The molecule has 2 heterocycles. The summed E-state index contributed by atoms with van der Waals surface area (Å²) in [4.78, 5) is 0. The van der Waals surface area contributed by atoms with Crippen LogP contribution in [0.1, 0.15) is 0 Å². The molecule has 1 fully saturated rings. The van der Waals surface area contributed by atoms with Crippen LogP contribution < -0.4 is 14.0 Å². The lowest BCUT2D eigenvalue weighted by Crippen LogP contribution is -2.45. The fourth-order valence-corrected chi connectivity index (χ4v) is 2.81. The van der Waals surface area contributed by atoms with E-state index in [0.717, 1.165) is 0 Å². The minimum atomic E-state index is -1.15. The van der Waals surface area contributed by atoms with Crippen molar-refractivity contribution in [3.8, 4) is 17.2 Å². The summed E-state index contributed by atoms with van der Waals surface area (Å²) in [5.74, 6) is 1.51. The van der Waals surface area contributed by atoms with Gasteiger partial charge in [-0.1, -0.05) is 6.07 Å². The van der Waals surface area contributed by atoms with Crippen molar-refractivity contribution >= 4 is 14.2 Å². The van der Waals surface area contributed by atoms with Gasteiger partial charge < -0.3 is 38.7 Å². The van der Waals surface area contributed by atoms with Gasteiger partial charge in [0.1, 0.15) is 24.6 Å². The number of para-hydroxylation sites is 1. The van der Waals surface area contributed by atoms with Gasteiger partial charge in [-0.05, 0) is 25.8 Å². The van der Waals surface area contributed by atoms with E-state index >= 15 is 0 Å². The predicted molar refractivity (Wildman–Crippen MR) is 85.3 cm³/mol. The molecule has 4 atom stereocenters. The van der Waals surface area contributed by atoms with E-state index in [4.69, 9.17) is 28.5 Å². The van der Waals surface area contributed by atoms with E-state index in [0.29, 0.717) is 17.2 Å². The van der Waals surface area contributed by atoms with Crippen molar-refractivity contribution in [3.05, 3.63) is 18.2 Å². The fraction of sp³-hybridized carbons (Fsp3) is 0.571. The molecule has 4 unspecified atom stereocenters. The Hall–Kier alpha value is -1.45. The van der Waals surface area contributed by atoms with Crippen molar-refractivity contribution in [1.29, 1.82) is 0 Å². The molecule has 8 nitrogen and oxygen atoms in total. The molecule has 0 radical (unpaired) electrons. The molecule has 1 saturated heterocycles. The monoisotopic (exact) mass is 338 g/mol. The van der Waals surface area contributed by atoms with Gasteiger partial charge in [0, 0.05) is 0 Å². The highest BCUT2D eigenvalue weighted by Gasteiger charge is 2.44. The topological polar surface area (TPSA) is 107 Å². The first-order valence-electron chi connectivity index (χ1n) is 7.86. The van der Waals surface area contributed by atoms with Crippen LogP contribution in [-0.2, 0) is 9.31 Å². The van der Waals surface area contributed by atoms with Gasteiger partial charge in [0.2, 0.25) is 0 Å². The van der Waals surface area contributed by atoms with Crippen LogP contribution in [0.2, 0.25) is 13.6 Å². The summed E-state index contributed by atoms with van der Waals surface area (Å²) < 4.78 is 27.5. The van der Waals surface area contributed by atoms with E-state index in [1.807, 2.05) is 0 Å². The lowest BCUT2D eigenvalue weighted by molar-refractivity contribution is -0.0613. The molecular weight excluding hydrogens is 318 g/mol. The van der Waals surface area contributed by atoms with E-state index in [1.165, 1.54) is 0 Å². The van der Waals surface area contributed by atoms with Gasteiger partial charge in [-0.3, -0.25) is 0 Å². The highest BCUT2D eigenvalue weighted by atomic mass is 16.7. The minimum absolute atomic E-state index is 0.0937. The maximum absolute atomic E-state index is 10.3. The summed E-state index contributed by atoms with van der Waals surface area (Å²) in [5, 5.41) is 29.2. The molecule has 24 heavy (non-hydrogen) atoms. The van der Waals surface area contributed by atoms with Gasteiger partial charge in [-0.2, -0.15) is 0 Å². The molecule has 0 aliphatic carbocycles. The third-order valence-corrected chi connectivity index (χ3v) is 3.90. The summed E-state index contributed by atoms with van der Waals surface area (Å²) in [7, 11) is -0.986. The Balaban J connectivity index is 1.64. The molecule has 1 aromatic carbocycles. The number of aliphatic hydroxyl groups is 3. The summed E-state index contributed by atoms with van der Waals surface area (Å²) in [5.41, 5.74) is 0. The summed E-state index contributed by atoms with van der Waals surface area (Å²) >= 11 is 0. The third kappa shape index (κ3) is 3.47. The standard InChI is InChI=1S/C14H20B2O8/c1-15-21-11-5-3-4-10(14(11)24-15)20-7-9(19)13-12(8(18)6-17)22-16(2)23-13/h3-5,8-9,12-13,17-19H,6-7H2,1-2H3. The lowest BCUT2D eigenvalue weighted by Gasteiger charge is -2.26. The van der Waals surface area contributed by atoms with Gasteiger partial charge >= 0.3 is 14.2 Å². The molecule has 2 aliphatic rings. The molecule has 130 valence electrons. The van der Waals surface area contributed by atoms with Crippen LogP contribution in [0.4, 0.5) is 0 Å². The molecule has 0 spiro atoms. The van der Waals surface area contributed by atoms with Crippen molar-refractivity contribution in [1.82, 2.24) is 0 Å². The number of fused-ring (bicyclic) bond motifs is 1. The molecule has 1 aromatic rings. The Morgan fingerprint density at radius 1 is 1.08 bits per heavy atom. The van der Waals surface area contributed by atoms with Crippen LogP contribution in [0.15, 0.2) is 18.2 Å². The normalized spacial score (nSPS) is 25.0. The van der Waals surface area contributed by atoms with Crippen molar-refractivity contribution in [3.63, 3.8) is 0 Å². The Morgan fingerprint density at radius 3 is 2.50 bits per heavy atom. The first-order valence-corrected chi connectivity index (χ1v) is 7.86. The Bertz CT molecular complexity index is 574. The largest absolute Gasteiger partial charge is 0.591 e. The fourth-order valence-electron chi connectivity index (χ4n) is 2.81. The Morgan fingerprint density at radius 2 is 1.79 bits per heavy atom. The Labute approximate surface area is 140 Å². The second-order valence-electron chi connectivity index (χ2n) is 5.78. The summed E-state index contributed by atoms with van der Waals surface area (Å²) in [6.45, 7) is 2.84. The van der Waals surface area contributed by atoms with E-state index in [9.17, 15) is 10.2 Å². The van der Waals surface area contributed by atoms with Gasteiger partial charge in [0.15, 0.2) is 11.5 Å². The van der Waals surface area contributed by atoms with Crippen LogP contribution in [-0.4, -0.2) is 67.2 Å². The number of hydrogen-bond acceptors (Lipinski definition) is 8. The first kappa shape index (κ1) is 17.4. The average Bonchev–Trinajstić information content (AvgIpc) is 3.13. The zero-order valence-corrected chi connectivity index (χ0v) is 13.5. The molecule has 2 aliphatic heterocycles. The molecule has 0 saturated carbocycles. The molecule has 3 N–H and O–H groups in total. The third-order valence-electron chi connectivity index (χ3n) is 3.90. The van der Waals surface area contributed by atoms with E-state index in [2.05, 4.69) is 0 Å². The SMILES string of the molecule is CB1Oc2cccc(OCC(O)C3OB(C)OC3C(O)CO)c2O1. The van der Waals surface area contributed by atoms with Crippen molar-refractivity contribution in [2.75, 3.05) is 13.2 Å². The van der Waals surface area contributed by atoms with Crippen LogP contribution in [0, 0.1) is 0 Å². The molecule has 10 heteroatoms. The molecule has 0 bridgehead atoms. The van der Waals surface area contributed by atoms with Crippen LogP contribution in [0.3, 0.4) is 0 Å². The van der Waals surface area contributed by atoms with Crippen LogP contribution in [0.5, 0.6) is 17.2 Å². The first-order chi connectivity index (χ1) is 11.5. The average molecular weight is 338 g/mol. The quantitative estimate of drug-likeness (QED) is 0.600. The lowest BCUT2D eigenvalue weighted by atomic mass is 9.97. The van der Waals surface area contributed by atoms with E-state index in [-0.39, 0.29) is 6.61 Å². The van der Waals surface area contributed by atoms with Gasteiger partial charge in [-0.25, -0.2) is 0 Å². The highest BCUT2D eigenvalue weighted by molar-refractivity contribution is 6.46.